The molecule has 0 aliphatic heterocycles. The summed E-state index contributed by atoms with van der Waals surface area (Å²) < 4.78 is 0. The van der Waals surface area contributed by atoms with Crippen molar-refractivity contribution >= 4 is 17.5 Å². The van der Waals surface area contributed by atoms with E-state index in [1.54, 1.807) is 0 Å². The number of amides is 1. The number of hydrogen-bond acceptors (Lipinski definition) is 4. The molecule has 0 bridgehead atoms. The molecule has 0 spiro atoms. The van der Waals surface area contributed by atoms with Gasteiger partial charge in [0.2, 0.25) is 11.2 Å². The average molecular weight is 229 g/mol. The number of nitrogens with one attached hydrogen (secondary N) is 1. The summed E-state index contributed by atoms with van der Waals surface area (Å²) in [6.45, 7) is 4.31. The van der Waals surface area contributed by atoms with Crippen LogP contribution < -0.4 is 5.32 Å². The van der Waals surface area contributed by atoms with Gasteiger partial charge in [-0.25, -0.2) is 4.98 Å². The second kappa shape index (κ2) is 5.60. The van der Waals surface area contributed by atoms with Gasteiger partial charge in [-0.05, 0) is 17.5 Å². The largest absolute Gasteiger partial charge is 0.350 e. The lowest BCUT2D eigenvalue weighted by Crippen LogP contribution is -2.24. The van der Waals surface area contributed by atoms with Crippen molar-refractivity contribution in [3.63, 3.8) is 0 Å². The maximum Gasteiger partial charge on any atom is 0.242 e. The Kier molecular flexibility index (Phi) is 4.42. The highest BCUT2D eigenvalue weighted by Crippen LogP contribution is 2.00. The Bertz CT molecular complexity index is 325. The van der Waals surface area contributed by atoms with Gasteiger partial charge in [-0.1, -0.05) is 13.8 Å². The fourth-order valence-corrected chi connectivity index (χ4v) is 1.08. The zero-order valence-corrected chi connectivity index (χ0v) is 9.45. The molecule has 1 rings (SSSR count). The first-order chi connectivity index (χ1) is 7.08. The van der Waals surface area contributed by atoms with E-state index in [2.05, 4.69) is 20.5 Å². The van der Waals surface area contributed by atoms with Crippen LogP contribution in [-0.2, 0) is 11.3 Å². The molecule has 0 aliphatic carbocycles. The molecule has 15 heavy (non-hydrogen) atoms. The van der Waals surface area contributed by atoms with E-state index in [1.807, 2.05) is 13.8 Å². The molecule has 0 aliphatic rings. The second-order valence-electron chi connectivity index (χ2n) is 3.59. The van der Waals surface area contributed by atoms with Gasteiger partial charge in [-0.2, -0.15) is 0 Å². The van der Waals surface area contributed by atoms with E-state index in [-0.39, 0.29) is 11.2 Å². The third-order valence-electron chi connectivity index (χ3n) is 1.64. The van der Waals surface area contributed by atoms with Gasteiger partial charge in [-0.15, -0.1) is 10.2 Å². The quantitative estimate of drug-likeness (QED) is 0.841. The minimum atomic E-state index is 0.00162. The van der Waals surface area contributed by atoms with Crippen LogP contribution in [0.1, 0.15) is 26.0 Å². The van der Waals surface area contributed by atoms with Gasteiger partial charge >= 0.3 is 0 Å². The number of halogens is 1. The molecular formula is C9H13ClN4O. The Labute approximate surface area is 93.3 Å². The molecule has 0 unspecified atom stereocenters. The Morgan fingerprint density at radius 2 is 2.27 bits per heavy atom. The van der Waals surface area contributed by atoms with Gasteiger partial charge in [-0.3, -0.25) is 4.79 Å². The predicted octanol–water partition coefficient (Wildman–Crippen LogP) is 1.19. The number of carbonyl (C=O) groups is 1. The van der Waals surface area contributed by atoms with Crippen molar-refractivity contribution in [3.05, 3.63) is 17.2 Å². The van der Waals surface area contributed by atoms with Crippen molar-refractivity contribution in [3.8, 4) is 0 Å². The summed E-state index contributed by atoms with van der Waals surface area (Å²) in [6.07, 6.45) is 2.00. The first-order valence-corrected chi connectivity index (χ1v) is 5.06. The fraction of sp³-hybridized carbons (Fsp3) is 0.556. The predicted molar refractivity (Wildman–Crippen MR) is 56.1 cm³/mol. The third-order valence-corrected chi connectivity index (χ3v) is 1.81. The molecular weight excluding hydrogens is 216 g/mol. The van der Waals surface area contributed by atoms with Gasteiger partial charge < -0.3 is 5.32 Å². The Morgan fingerprint density at radius 1 is 1.53 bits per heavy atom. The van der Waals surface area contributed by atoms with Crippen LogP contribution in [0.4, 0.5) is 0 Å². The van der Waals surface area contributed by atoms with Crippen LogP contribution in [0, 0.1) is 5.92 Å². The lowest BCUT2D eigenvalue weighted by molar-refractivity contribution is -0.121. The van der Waals surface area contributed by atoms with Crippen LogP contribution >= 0.6 is 11.6 Å². The van der Waals surface area contributed by atoms with Gasteiger partial charge in [0.05, 0.1) is 12.7 Å². The van der Waals surface area contributed by atoms with Crippen molar-refractivity contribution in [1.82, 2.24) is 20.5 Å². The molecule has 6 heteroatoms. The van der Waals surface area contributed by atoms with E-state index < -0.39 is 0 Å². The number of nitrogens with zero attached hydrogens (tertiary/aromatic N) is 3. The minimum absolute atomic E-state index is 0.00162. The highest BCUT2D eigenvalue weighted by Gasteiger charge is 2.05. The molecule has 0 aromatic carbocycles. The van der Waals surface area contributed by atoms with Crippen LogP contribution in [-0.4, -0.2) is 21.1 Å². The van der Waals surface area contributed by atoms with Crippen LogP contribution in [0.5, 0.6) is 0 Å². The maximum absolute atomic E-state index is 11.3. The van der Waals surface area contributed by atoms with Gasteiger partial charge in [0.15, 0.2) is 0 Å². The highest BCUT2D eigenvalue weighted by molar-refractivity contribution is 6.28. The fourth-order valence-electron chi connectivity index (χ4n) is 0.998. The molecule has 82 valence electrons. The summed E-state index contributed by atoms with van der Waals surface area (Å²) in [5, 5.41) is 10.2. The number of aromatic nitrogens is 3. The molecule has 0 saturated heterocycles. The monoisotopic (exact) mass is 228 g/mol. The second-order valence-corrected chi connectivity index (χ2v) is 3.93. The lowest BCUT2D eigenvalue weighted by atomic mass is 10.1. The van der Waals surface area contributed by atoms with Crippen LogP contribution in [0.15, 0.2) is 6.20 Å². The molecule has 1 amide bonds. The van der Waals surface area contributed by atoms with E-state index in [4.69, 9.17) is 11.6 Å². The summed E-state index contributed by atoms with van der Waals surface area (Å²) in [7, 11) is 0. The Morgan fingerprint density at radius 3 is 2.80 bits per heavy atom. The van der Waals surface area contributed by atoms with Crippen molar-refractivity contribution in [2.24, 2.45) is 5.92 Å². The molecule has 0 saturated carbocycles. The molecule has 1 aromatic rings. The molecule has 0 atom stereocenters. The summed E-state index contributed by atoms with van der Waals surface area (Å²) in [6, 6.07) is 0. The number of hydrogen-bond donors (Lipinski definition) is 1. The average Bonchev–Trinajstić information content (AvgIpc) is 2.16. The molecule has 0 radical (unpaired) electrons. The Balaban J connectivity index is 2.37. The molecule has 1 aromatic heterocycles. The smallest absolute Gasteiger partial charge is 0.242 e. The topological polar surface area (TPSA) is 67.8 Å². The van der Waals surface area contributed by atoms with E-state index in [0.717, 1.165) is 0 Å². The normalized spacial score (nSPS) is 10.4. The zero-order chi connectivity index (χ0) is 11.3. The van der Waals surface area contributed by atoms with Crippen molar-refractivity contribution < 1.29 is 4.79 Å². The zero-order valence-electron chi connectivity index (χ0n) is 8.70. The molecule has 1 heterocycles. The van der Waals surface area contributed by atoms with Crippen molar-refractivity contribution in [1.29, 1.82) is 0 Å². The summed E-state index contributed by atoms with van der Waals surface area (Å²) in [4.78, 5) is 15.0. The first-order valence-electron chi connectivity index (χ1n) is 4.68. The lowest BCUT2D eigenvalue weighted by Gasteiger charge is -2.05. The standard InChI is InChI=1S/C9H13ClN4O/c1-6(2)3-8(15)11-4-7-5-12-9(10)14-13-7/h5-6H,3-4H2,1-2H3,(H,11,15). The van der Waals surface area contributed by atoms with E-state index in [1.165, 1.54) is 6.20 Å². The van der Waals surface area contributed by atoms with Crippen molar-refractivity contribution in [2.75, 3.05) is 0 Å². The van der Waals surface area contributed by atoms with Crippen LogP contribution in [0.2, 0.25) is 5.28 Å². The maximum atomic E-state index is 11.3. The Hall–Kier alpha value is -1.23. The molecule has 5 nitrogen and oxygen atoms in total. The number of carbonyl (C=O) groups excluding carboxylic acids is 1. The highest BCUT2D eigenvalue weighted by atomic mass is 35.5. The molecule has 1 N–H and O–H groups in total. The SMILES string of the molecule is CC(C)CC(=O)NCc1cnc(Cl)nn1. The third kappa shape index (κ3) is 4.69. The van der Waals surface area contributed by atoms with Gasteiger partial charge in [0.25, 0.3) is 0 Å². The summed E-state index contributed by atoms with van der Waals surface area (Å²) >= 11 is 5.47. The summed E-state index contributed by atoms with van der Waals surface area (Å²) in [5.41, 5.74) is 0.594. The number of rotatable bonds is 4. The van der Waals surface area contributed by atoms with Gasteiger partial charge in [0, 0.05) is 6.42 Å². The molecule has 0 fully saturated rings. The van der Waals surface area contributed by atoms with E-state index >= 15 is 0 Å². The van der Waals surface area contributed by atoms with Crippen LogP contribution in [0.25, 0.3) is 0 Å². The van der Waals surface area contributed by atoms with Gasteiger partial charge in [0.1, 0.15) is 5.69 Å². The van der Waals surface area contributed by atoms with Crippen LogP contribution in [0.3, 0.4) is 0 Å². The van der Waals surface area contributed by atoms with E-state index in [0.29, 0.717) is 24.6 Å². The van der Waals surface area contributed by atoms with E-state index in [9.17, 15) is 4.79 Å². The van der Waals surface area contributed by atoms with Crippen molar-refractivity contribution in [2.45, 2.75) is 26.8 Å². The minimum Gasteiger partial charge on any atom is -0.350 e. The first kappa shape index (κ1) is 11.8. The summed E-state index contributed by atoms with van der Waals surface area (Å²) in [5.74, 6) is 0.348.